The van der Waals surface area contributed by atoms with Crippen molar-refractivity contribution in [1.82, 2.24) is 4.31 Å². The number of carbonyl (C=O) groups is 1. The van der Waals surface area contributed by atoms with Gasteiger partial charge in [0, 0.05) is 31.2 Å². The molecule has 0 spiro atoms. The molecule has 7 nitrogen and oxygen atoms in total. The van der Waals surface area contributed by atoms with Gasteiger partial charge in [0.2, 0.25) is 15.9 Å². The van der Waals surface area contributed by atoms with E-state index in [0.29, 0.717) is 37.6 Å². The van der Waals surface area contributed by atoms with Crippen molar-refractivity contribution in [3.05, 3.63) is 18.2 Å². The first-order valence-corrected chi connectivity index (χ1v) is 11.1. The topological polar surface area (TPSA) is 102 Å². The van der Waals surface area contributed by atoms with Crippen molar-refractivity contribution in [3.63, 3.8) is 0 Å². The van der Waals surface area contributed by atoms with Crippen LogP contribution in [0.5, 0.6) is 5.75 Å². The molecule has 3 N–H and O–H groups in total. The van der Waals surface area contributed by atoms with Gasteiger partial charge in [0.05, 0.1) is 6.61 Å². The molecule has 0 aromatic heterocycles. The van der Waals surface area contributed by atoms with Crippen LogP contribution < -0.4 is 15.8 Å². The second-order valence-corrected chi connectivity index (χ2v) is 8.70. The average molecular weight is 398 g/mol. The number of ether oxygens (including phenoxy) is 1. The van der Waals surface area contributed by atoms with Crippen molar-refractivity contribution in [2.24, 2.45) is 11.7 Å². The maximum atomic E-state index is 13.0. The monoisotopic (exact) mass is 397 g/mol. The summed E-state index contributed by atoms with van der Waals surface area (Å²) in [6.07, 6.45) is 3.31. The summed E-state index contributed by atoms with van der Waals surface area (Å²) in [4.78, 5) is 12.4. The number of nitrogens with two attached hydrogens (primary N) is 1. The number of nitrogens with zero attached hydrogens (tertiary/aromatic N) is 1. The minimum Gasteiger partial charge on any atom is -0.492 e. The van der Waals surface area contributed by atoms with Crippen LogP contribution in [0.1, 0.15) is 46.5 Å². The van der Waals surface area contributed by atoms with Crippen LogP contribution in [0.3, 0.4) is 0 Å². The molecule has 0 radical (unpaired) electrons. The zero-order valence-electron chi connectivity index (χ0n) is 16.4. The van der Waals surface area contributed by atoms with Gasteiger partial charge < -0.3 is 15.8 Å². The Morgan fingerprint density at radius 1 is 1.26 bits per heavy atom. The molecule has 1 aromatic carbocycles. The van der Waals surface area contributed by atoms with E-state index in [0.717, 1.165) is 19.3 Å². The highest BCUT2D eigenvalue weighted by Crippen LogP contribution is 2.31. The Morgan fingerprint density at radius 3 is 2.52 bits per heavy atom. The Morgan fingerprint density at radius 2 is 1.96 bits per heavy atom. The normalized spacial score (nSPS) is 20.0. The quantitative estimate of drug-likeness (QED) is 0.667. The van der Waals surface area contributed by atoms with Crippen LogP contribution in [0.25, 0.3) is 0 Å². The van der Waals surface area contributed by atoms with Gasteiger partial charge in [0.25, 0.3) is 0 Å². The molecule has 1 fully saturated rings. The van der Waals surface area contributed by atoms with E-state index in [4.69, 9.17) is 10.5 Å². The highest BCUT2D eigenvalue weighted by Gasteiger charge is 2.28. The number of anilines is 1. The first kappa shape index (κ1) is 21.7. The number of hydrogen-bond acceptors (Lipinski definition) is 5. The second kappa shape index (κ2) is 9.52. The highest BCUT2D eigenvalue weighted by atomic mass is 32.2. The molecular formula is C19H31N3O4S. The Balaban J connectivity index is 2.24. The molecule has 0 saturated heterocycles. The molecule has 8 heteroatoms. The summed E-state index contributed by atoms with van der Waals surface area (Å²) in [6.45, 7) is 6.46. The predicted octanol–water partition coefficient (Wildman–Crippen LogP) is 2.57. The molecule has 0 unspecified atom stereocenters. The summed E-state index contributed by atoms with van der Waals surface area (Å²) in [5, 5.41) is 2.81. The van der Waals surface area contributed by atoms with E-state index < -0.39 is 10.0 Å². The summed E-state index contributed by atoms with van der Waals surface area (Å²) in [5.74, 6) is 0.333. The highest BCUT2D eigenvalue weighted by molar-refractivity contribution is 7.89. The molecule has 1 aliphatic rings. The molecule has 2 rings (SSSR count). The fourth-order valence-electron chi connectivity index (χ4n) is 3.53. The van der Waals surface area contributed by atoms with Crippen LogP contribution in [0.4, 0.5) is 5.69 Å². The third kappa shape index (κ3) is 5.21. The van der Waals surface area contributed by atoms with Gasteiger partial charge in [-0.3, -0.25) is 4.79 Å². The fourth-order valence-corrected chi connectivity index (χ4v) is 5.15. The van der Waals surface area contributed by atoms with Crippen LogP contribution in [0.2, 0.25) is 0 Å². The maximum Gasteiger partial charge on any atom is 0.246 e. The standard InChI is InChI=1S/C19H31N3O4S/c1-4-22(5-2)27(24,25)18-13-15(10-11-17(18)26-6-3)21-19(23)12-14-8-7-9-16(14)20/h10-11,13-14,16H,4-9,12,20H2,1-3H3,(H,21,23)/t14-,16+/m0/s1. The lowest BCUT2D eigenvalue weighted by Gasteiger charge is -2.21. The molecule has 27 heavy (non-hydrogen) atoms. The number of rotatable bonds is 9. The van der Waals surface area contributed by atoms with Crippen LogP contribution in [0.15, 0.2) is 23.1 Å². The van der Waals surface area contributed by atoms with Crippen LogP contribution in [-0.2, 0) is 14.8 Å². The van der Waals surface area contributed by atoms with E-state index in [-0.39, 0.29) is 22.8 Å². The third-order valence-electron chi connectivity index (χ3n) is 5.02. The lowest BCUT2D eigenvalue weighted by Crippen LogP contribution is -2.31. The van der Waals surface area contributed by atoms with Crippen LogP contribution in [-0.4, -0.2) is 44.4 Å². The van der Waals surface area contributed by atoms with E-state index in [2.05, 4.69) is 5.32 Å². The number of amides is 1. The summed E-state index contributed by atoms with van der Waals surface area (Å²) >= 11 is 0. The first-order chi connectivity index (χ1) is 12.8. The lowest BCUT2D eigenvalue weighted by atomic mass is 10.00. The van der Waals surface area contributed by atoms with E-state index in [9.17, 15) is 13.2 Å². The smallest absolute Gasteiger partial charge is 0.246 e. The van der Waals surface area contributed by atoms with Crippen LogP contribution >= 0.6 is 0 Å². The van der Waals surface area contributed by atoms with E-state index in [1.807, 2.05) is 0 Å². The van der Waals surface area contributed by atoms with Gasteiger partial charge >= 0.3 is 0 Å². The molecule has 0 bridgehead atoms. The SMILES string of the molecule is CCOc1ccc(NC(=O)C[C@@H]2CCC[C@H]2N)cc1S(=O)(=O)N(CC)CC. The summed E-state index contributed by atoms with van der Waals surface area (Å²) in [5.41, 5.74) is 6.48. The zero-order valence-corrected chi connectivity index (χ0v) is 17.2. The Labute approximate surface area is 162 Å². The van der Waals surface area contributed by atoms with Crippen molar-refractivity contribution >= 4 is 21.6 Å². The number of sulfonamides is 1. The zero-order chi connectivity index (χ0) is 20.0. The van der Waals surface area contributed by atoms with Crippen LogP contribution in [0, 0.1) is 5.92 Å². The largest absolute Gasteiger partial charge is 0.492 e. The number of hydrogen-bond donors (Lipinski definition) is 2. The van der Waals surface area contributed by atoms with Crippen molar-refractivity contribution in [1.29, 1.82) is 0 Å². The number of nitrogens with one attached hydrogen (secondary N) is 1. The third-order valence-corrected chi connectivity index (χ3v) is 7.09. The second-order valence-electron chi connectivity index (χ2n) is 6.79. The molecule has 2 atom stereocenters. The molecule has 1 amide bonds. The van der Waals surface area contributed by atoms with E-state index in [1.54, 1.807) is 32.9 Å². The minimum atomic E-state index is -3.71. The fraction of sp³-hybridized carbons (Fsp3) is 0.632. The molecule has 0 heterocycles. The first-order valence-electron chi connectivity index (χ1n) is 9.65. The van der Waals surface area contributed by atoms with Gasteiger partial charge in [0.1, 0.15) is 10.6 Å². The van der Waals surface area contributed by atoms with Gasteiger partial charge in [0.15, 0.2) is 0 Å². The lowest BCUT2D eigenvalue weighted by molar-refractivity contribution is -0.117. The van der Waals surface area contributed by atoms with Gasteiger partial charge in [-0.25, -0.2) is 8.42 Å². The Bertz CT molecular complexity index is 747. The maximum absolute atomic E-state index is 13.0. The molecule has 1 aromatic rings. The van der Waals surface area contributed by atoms with Gasteiger partial charge in [-0.05, 0) is 43.9 Å². The number of benzene rings is 1. The van der Waals surface area contributed by atoms with Crippen molar-refractivity contribution in [2.75, 3.05) is 25.0 Å². The van der Waals surface area contributed by atoms with E-state index in [1.165, 1.54) is 10.4 Å². The summed E-state index contributed by atoms with van der Waals surface area (Å²) in [6, 6.07) is 4.80. The van der Waals surface area contributed by atoms with Crippen molar-refractivity contribution < 1.29 is 17.9 Å². The molecule has 1 saturated carbocycles. The Kier molecular flexibility index (Phi) is 7.64. The van der Waals surface area contributed by atoms with E-state index >= 15 is 0 Å². The van der Waals surface area contributed by atoms with Crippen molar-refractivity contribution in [3.8, 4) is 5.75 Å². The molecular weight excluding hydrogens is 366 g/mol. The molecule has 152 valence electrons. The van der Waals surface area contributed by atoms with Crippen molar-refractivity contribution in [2.45, 2.75) is 57.4 Å². The van der Waals surface area contributed by atoms with Gasteiger partial charge in [-0.15, -0.1) is 0 Å². The average Bonchev–Trinajstić information content (AvgIpc) is 3.02. The predicted molar refractivity (Wildman–Crippen MR) is 106 cm³/mol. The van der Waals surface area contributed by atoms with Gasteiger partial charge in [-0.1, -0.05) is 20.3 Å². The Hall–Kier alpha value is -1.64. The minimum absolute atomic E-state index is 0.0645. The number of carbonyl (C=O) groups excluding carboxylic acids is 1. The van der Waals surface area contributed by atoms with Gasteiger partial charge in [-0.2, -0.15) is 4.31 Å². The molecule has 1 aliphatic carbocycles. The molecule has 0 aliphatic heterocycles. The summed E-state index contributed by atoms with van der Waals surface area (Å²) in [7, 11) is -3.71. The summed E-state index contributed by atoms with van der Waals surface area (Å²) < 4.78 is 32.8.